The van der Waals surface area contributed by atoms with E-state index in [2.05, 4.69) is 149 Å². The molecule has 0 bridgehead atoms. The zero-order chi connectivity index (χ0) is 29.3. The monoisotopic (exact) mass is 702 g/mol. The zero-order valence-electron chi connectivity index (χ0n) is 26.9. The molecule has 4 aromatic rings. The van der Waals surface area contributed by atoms with E-state index in [1.54, 1.807) is 22.3 Å². The molecule has 43 heavy (non-hydrogen) atoms. The van der Waals surface area contributed by atoms with Crippen LogP contribution in [0.2, 0.25) is 9.26 Å². The second-order valence-corrected chi connectivity index (χ2v) is 44.8. The number of fused-ring (bicyclic) bond motifs is 2. The first-order valence-electron chi connectivity index (χ1n) is 15.2. The molecule has 0 saturated carbocycles. The van der Waals surface area contributed by atoms with E-state index < -0.39 is 17.4 Å². The fourth-order valence-electron chi connectivity index (χ4n) is 8.31. The van der Waals surface area contributed by atoms with Gasteiger partial charge in [-0.2, -0.15) is 0 Å². The summed E-state index contributed by atoms with van der Waals surface area (Å²) >= 11 is -3.64. The Hall–Kier alpha value is -1.96. The van der Waals surface area contributed by atoms with Crippen LogP contribution >= 0.6 is 24.8 Å². The second-order valence-electron chi connectivity index (χ2n) is 14.3. The third-order valence-corrected chi connectivity index (χ3v) is 27.5. The van der Waals surface area contributed by atoms with Gasteiger partial charge in [-0.15, -0.1) is 24.8 Å². The second kappa shape index (κ2) is 12.1. The van der Waals surface area contributed by atoms with Gasteiger partial charge in [-0.1, -0.05) is 0 Å². The van der Waals surface area contributed by atoms with Crippen molar-refractivity contribution in [2.75, 3.05) is 0 Å². The van der Waals surface area contributed by atoms with Crippen molar-refractivity contribution < 1.29 is 17.4 Å². The van der Waals surface area contributed by atoms with Crippen molar-refractivity contribution in [1.29, 1.82) is 0 Å². The van der Waals surface area contributed by atoms with Crippen molar-refractivity contribution >= 4 is 43.8 Å². The predicted octanol–water partition coefficient (Wildman–Crippen LogP) is 11.4. The van der Waals surface area contributed by atoms with Crippen molar-refractivity contribution in [3.63, 3.8) is 0 Å². The molecule has 0 spiro atoms. The average molecular weight is 705 g/mol. The van der Waals surface area contributed by atoms with E-state index >= 15 is 0 Å². The van der Waals surface area contributed by atoms with E-state index in [4.69, 9.17) is 0 Å². The van der Waals surface area contributed by atoms with Crippen molar-refractivity contribution in [3.8, 4) is 22.3 Å². The first-order valence-corrected chi connectivity index (χ1v) is 28.9. The van der Waals surface area contributed by atoms with Crippen molar-refractivity contribution in [2.45, 2.75) is 58.1 Å². The van der Waals surface area contributed by atoms with Crippen LogP contribution in [0.15, 0.2) is 90.0 Å². The van der Waals surface area contributed by atoms with E-state index in [9.17, 15) is 0 Å². The van der Waals surface area contributed by atoms with Crippen LogP contribution in [0.3, 0.4) is 0 Å². The van der Waals surface area contributed by atoms with Crippen LogP contribution in [0.5, 0.6) is 0 Å². The first kappa shape index (κ1) is 33.9. The van der Waals surface area contributed by atoms with Gasteiger partial charge in [0, 0.05) is 0 Å². The van der Waals surface area contributed by atoms with Gasteiger partial charge in [-0.05, 0) is 0 Å². The van der Waals surface area contributed by atoms with Gasteiger partial charge in [0.05, 0.1) is 0 Å². The van der Waals surface area contributed by atoms with Gasteiger partial charge in [0.15, 0.2) is 0 Å². The van der Waals surface area contributed by atoms with Gasteiger partial charge in [-0.25, -0.2) is 0 Å². The fourth-order valence-corrected chi connectivity index (χ4v) is 28.9. The van der Waals surface area contributed by atoms with E-state index in [1.165, 1.54) is 50.1 Å². The molecule has 0 N–H and O–H groups in total. The number of halogens is 2. The smallest absolute Gasteiger partial charge is 0.147 e. The Morgan fingerprint density at radius 3 is 1.95 bits per heavy atom. The Bertz CT molecular complexity index is 1840. The SMILES string of the molecule is CC1=Cc2c(-c3ccccc3)cc(C)cc2[CH]1[Zr]([CH3])([CH3])(=[SiH2])[CH]1C(C(C)C)=Cc2c(-c3cc(C)ccc3C)cccc21.Cl.Cl. The Morgan fingerprint density at radius 2 is 1.28 bits per heavy atom. The van der Waals surface area contributed by atoms with Crippen LogP contribution in [0, 0.1) is 26.7 Å². The van der Waals surface area contributed by atoms with Crippen LogP contribution in [0.4, 0.5) is 0 Å². The summed E-state index contributed by atoms with van der Waals surface area (Å²) < 4.78 is 6.58. The third kappa shape index (κ3) is 5.68. The molecule has 2 aliphatic rings. The summed E-state index contributed by atoms with van der Waals surface area (Å²) in [5.41, 5.74) is 18.9. The van der Waals surface area contributed by atoms with Gasteiger partial charge in [0.2, 0.25) is 0 Å². The van der Waals surface area contributed by atoms with Crippen molar-refractivity contribution in [3.05, 3.63) is 129 Å². The first-order chi connectivity index (χ1) is 19.4. The number of allylic oxidation sites excluding steroid dienone is 2. The molecule has 0 aromatic heterocycles. The van der Waals surface area contributed by atoms with Crippen molar-refractivity contribution in [2.24, 2.45) is 5.92 Å². The molecule has 224 valence electrons. The summed E-state index contributed by atoms with van der Waals surface area (Å²) in [7, 11) is 0. The maximum absolute atomic E-state index is 3.64. The van der Waals surface area contributed by atoms with Crippen LogP contribution < -0.4 is 0 Å². The number of benzene rings is 4. The van der Waals surface area contributed by atoms with Crippen molar-refractivity contribution in [1.82, 2.24) is 0 Å². The summed E-state index contributed by atoms with van der Waals surface area (Å²) in [5, 5.41) is 0. The molecule has 0 amide bonds. The molecule has 4 heteroatoms. The molecule has 0 fully saturated rings. The Kier molecular flexibility index (Phi) is 9.54. The fraction of sp³-hybridized carbons (Fsp3) is 0.282. The van der Waals surface area contributed by atoms with E-state index in [1.807, 2.05) is 0 Å². The molecule has 4 aromatic carbocycles. The minimum atomic E-state index is -3.64. The predicted molar refractivity (Wildman–Crippen MR) is 195 cm³/mol. The number of aryl methyl sites for hydroxylation is 3. The largest absolute Gasteiger partial charge is 0.147 e. The zero-order valence-corrected chi connectivity index (χ0v) is 32.4. The summed E-state index contributed by atoms with van der Waals surface area (Å²) in [5.74, 6) is 0.513. The van der Waals surface area contributed by atoms with Gasteiger partial charge in [0.25, 0.3) is 0 Å². The molecule has 0 aliphatic heterocycles. The molecule has 0 radical (unpaired) electrons. The van der Waals surface area contributed by atoms with E-state index in [-0.39, 0.29) is 24.8 Å². The van der Waals surface area contributed by atoms with Crippen LogP contribution in [-0.2, 0) is 17.4 Å². The maximum Gasteiger partial charge on any atom is -0.147 e. The molecule has 6 rings (SSSR count). The van der Waals surface area contributed by atoms with Gasteiger partial charge < -0.3 is 0 Å². The van der Waals surface area contributed by atoms with Crippen LogP contribution in [0.1, 0.15) is 67.0 Å². The normalized spacial score (nSPS) is 17.4. The van der Waals surface area contributed by atoms with Crippen LogP contribution in [-0.4, -0.2) is 6.88 Å². The third-order valence-electron chi connectivity index (χ3n) is 9.92. The molecule has 0 nitrogen and oxygen atoms in total. The Labute approximate surface area is 274 Å². The molecular weight excluding hydrogens is 659 g/mol. The maximum atomic E-state index is 2.77. The van der Waals surface area contributed by atoms with Gasteiger partial charge in [0.1, 0.15) is 0 Å². The Morgan fingerprint density at radius 1 is 0.628 bits per heavy atom. The molecule has 0 heterocycles. The van der Waals surface area contributed by atoms with Gasteiger partial charge in [-0.3, -0.25) is 0 Å². The minimum Gasteiger partial charge on any atom is -0.147 e. The summed E-state index contributed by atoms with van der Waals surface area (Å²) in [6, 6.07) is 30.0. The topological polar surface area (TPSA) is 0 Å². The Balaban J connectivity index is 0.00000212. The molecule has 2 unspecified atom stereocenters. The molecule has 2 aliphatic carbocycles. The van der Waals surface area contributed by atoms with Crippen LogP contribution in [0.25, 0.3) is 34.4 Å². The molecule has 2 atom stereocenters. The standard InChI is InChI=1S/C20H21.C17H15.2CH3.2ClH.H2Si.Zr/c1-13(2)17-11-16-6-5-7-18(20(16)12-17)19-10-14(3)8-9-15(19)4;1-12-8-15-9-13(2)11-17(15)16(10-12)14-6-4-3-5-7-14;;;;;;/h5-13H,1-4H3;3-11H,1-2H3;2*1H3;2*1H;1H2;. The number of hydrogen-bond acceptors (Lipinski definition) is 0. The summed E-state index contributed by atoms with van der Waals surface area (Å²) in [6.45, 7) is 16.5. The quantitative estimate of drug-likeness (QED) is 0.181. The summed E-state index contributed by atoms with van der Waals surface area (Å²) in [6.07, 6.45) is 5.15. The van der Waals surface area contributed by atoms with E-state index in [0.717, 1.165) is 0 Å². The van der Waals surface area contributed by atoms with Gasteiger partial charge >= 0.3 is 252 Å². The number of hydrogen-bond donors (Lipinski definition) is 0. The molecule has 0 saturated heterocycles. The van der Waals surface area contributed by atoms with E-state index in [0.29, 0.717) is 13.2 Å². The minimum absolute atomic E-state index is 0. The summed E-state index contributed by atoms with van der Waals surface area (Å²) in [4.78, 5) is 0. The molecular formula is C39H46Cl2SiZr. The average Bonchev–Trinajstić information content (AvgIpc) is 3.49. The number of rotatable bonds is 5.